The van der Waals surface area contributed by atoms with Crippen LogP contribution < -0.4 is 0 Å². The SMILES string of the molecule is C/C=C\c1ccc(-c2nc(-c3ccc(-c4cccc(C)n4)cc3)nc(-c3ccc4ccccc4c3)n2)cc1C. The minimum atomic E-state index is 0.641. The summed E-state index contributed by atoms with van der Waals surface area (Å²) in [5, 5.41) is 2.34. The Labute approximate surface area is 228 Å². The average molecular weight is 505 g/mol. The van der Waals surface area contributed by atoms with E-state index >= 15 is 0 Å². The molecule has 39 heavy (non-hydrogen) atoms. The molecule has 0 amide bonds. The minimum Gasteiger partial charge on any atom is -0.253 e. The first-order valence-corrected chi connectivity index (χ1v) is 13.1. The van der Waals surface area contributed by atoms with Gasteiger partial charge in [0.25, 0.3) is 0 Å². The van der Waals surface area contributed by atoms with Gasteiger partial charge in [0.2, 0.25) is 0 Å². The van der Waals surface area contributed by atoms with E-state index in [9.17, 15) is 0 Å². The van der Waals surface area contributed by atoms with Crippen molar-refractivity contribution in [3.8, 4) is 45.4 Å². The number of benzene rings is 4. The second kappa shape index (κ2) is 10.4. The predicted octanol–water partition coefficient (Wildman–Crippen LogP) is 8.74. The lowest BCUT2D eigenvalue weighted by Gasteiger charge is -2.11. The van der Waals surface area contributed by atoms with Gasteiger partial charge in [-0.25, -0.2) is 15.0 Å². The number of pyridine rings is 1. The topological polar surface area (TPSA) is 51.6 Å². The normalized spacial score (nSPS) is 11.4. The number of nitrogens with zero attached hydrogens (tertiary/aromatic N) is 4. The molecule has 188 valence electrons. The van der Waals surface area contributed by atoms with Crippen LogP contribution in [0.1, 0.15) is 23.7 Å². The highest BCUT2D eigenvalue weighted by Gasteiger charge is 2.14. The zero-order valence-corrected chi connectivity index (χ0v) is 22.3. The van der Waals surface area contributed by atoms with Crippen LogP contribution in [0.3, 0.4) is 0 Å². The Morgan fingerprint density at radius 3 is 1.82 bits per heavy atom. The maximum absolute atomic E-state index is 4.95. The molecule has 0 fully saturated rings. The molecule has 0 aliphatic carbocycles. The first-order valence-electron chi connectivity index (χ1n) is 13.1. The lowest BCUT2D eigenvalue weighted by atomic mass is 10.0. The molecule has 0 aliphatic rings. The van der Waals surface area contributed by atoms with Gasteiger partial charge < -0.3 is 0 Å². The van der Waals surface area contributed by atoms with Crippen LogP contribution in [0.5, 0.6) is 0 Å². The zero-order chi connectivity index (χ0) is 26.8. The van der Waals surface area contributed by atoms with Crippen molar-refractivity contribution in [2.45, 2.75) is 20.8 Å². The lowest BCUT2D eigenvalue weighted by molar-refractivity contribution is 1.07. The predicted molar refractivity (Wildman–Crippen MR) is 161 cm³/mol. The number of hydrogen-bond acceptors (Lipinski definition) is 4. The first kappa shape index (κ1) is 24.4. The van der Waals surface area contributed by atoms with Gasteiger partial charge >= 0.3 is 0 Å². The molecule has 0 atom stereocenters. The zero-order valence-electron chi connectivity index (χ0n) is 22.3. The van der Waals surface area contributed by atoms with E-state index < -0.39 is 0 Å². The van der Waals surface area contributed by atoms with Gasteiger partial charge in [0, 0.05) is 27.9 Å². The molecule has 2 heterocycles. The van der Waals surface area contributed by atoms with E-state index in [0.717, 1.165) is 39.0 Å². The molecule has 6 rings (SSSR count). The summed E-state index contributed by atoms with van der Waals surface area (Å²) < 4.78 is 0. The fourth-order valence-electron chi connectivity index (χ4n) is 4.77. The third kappa shape index (κ3) is 5.10. The number of rotatable bonds is 5. The highest BCUT2D eigenvalue weighted by Crippen LogP contribution is 2.29. The van der Waals surface area contributed by atoms with Gasteiger partial charge in [0.05, 0.1) is 5.69 Å². The maximum atomic E-state index is 4.95. The van der Waals surface area contributed by atoms with Crippen molar-refractivity contribution in [2.24, 2.45) is 0 Å². The first-order chi connectivity index (χ1) is 19.1. The standard InChI is InChI=1S/C35H28N4/c1-4-8-25-13-19-30(21-23(25)2)34-37-33(28-17-15-27(16-18-28)32-12-7-9-24(3)36-32)38-35(39-34)31-20-14-26-10-5-6-11-29(26)22-31/h4-22H,1-3H3/b8-4-. The summed E-state index contributed by atoms with van der Waals surface area (Å²) in [5.74, 6) is 1.95. The van der Waals surface area contributed by atoms with E-state index in [1.165, 1.54) is 16.5 Å². The average Bonchev–Trinajstić information content (AvgIpc) is 2.98. The summed E-state index contributed by atoms with van der Waals surface area (Å²) in [6.07, 6.45) is 4.17. The van der Waals surface area contributed by atoms with Gasteiger partial charge in [0.1, 0.15) is 0 Å². The second-order valence-electron chi connectivity index (χ2n) is 9.68. The molecule has 0 saturated heterocycles. The summed E-state index contributed by atoms with van der Waals surface area (Å²) in [6, 6.07) is 35.4. The minimum absolute atomic E-state index is 0.641. The molecular weight excluding hydrogens is 476 g/mol. The van der Waals surface area contributed by atoms with Crippen LogP contribution >= 0.6 is 0 Å². The Morgan fingerprint density at radius 2 is 1.13 bits per heavy atom. The van der Waals surface area contributed by atoms with Crippen molar-refractivity contribution in [2.75, 3.05) is 0 Å². The molecule has 6 aromatic rings. The fraction of sp³-hybridized carbons (Fsp3) is 0.0857. The highest BCUT2D eigenvalue weighted by atomic mass is 15.0. The monoisotopic (exact) mass is 504 g/mol. The molecule has 0 bridgehead atoms. The van der Waals surface area contributed by atoms with Crippen LogP contribution in [0.15, 0.2) is 109 Å². The quantitative estimate of drug-likeness (QED) is 0.235. The molecule has 0 radical (unpaired) electrons. The van der Waals surface area contributed by atoms with Gasteiger partial charge in [-0.3, -0.25) is 4.98 Å². The highest BCUT2D eigenvalue weighted by molar-refractivity contribution is 5.86. The largest absolute Gasteiger partial charge is 0.253 e. The van der Waals surface area contributed by atoms with Crippen LogP contribution in [0.4, 0.5) is 0 Å². The van der Waals surface area contributed by atoms with Gasteiger partial charge in [-0.05, 0) is 66.9 Å². The molecule has 0 N–H and O–H groups in total. The van der Waals surface area contributed by atoms with Crippen molar-refractivity contribution in [1.29, 1.82) is 0 Å². The van der Waals surface area contributed by atoms with Crippen molar-refractivity contribution >= 4 is 16.8 Å². The number of hydrogen-bond donors (Lipinski definition) is 0. The molecule has 4 aromatic carbocycles. The van der Waals surface area contributed by atoms with E-state index in [1.54, 1.807) is 0 Å². The van der Waals surface area contributed by atoms with E-state index in [4.69, 9.17) is 15.0 Å². The fourth-order valence-corrected chi connectivity index (χ4v) is 4.77. The van der Waals surface area contributed by atoms with Crippen molar-refractivity contribution in [3.05, 3.63) is 126 Å². The number of fused-ring (bicyclic) bond motifs is 1. The summed E-state index contributed by atoms with van der Waals surface area (Å²) in [4.78, 5) is 19.5. The molecule has 0 spiro atoms. The van der Waals surface area contributed by atoms with E-state index in [2.05, 4.69) is 109 Å². The van der Waals surface area contributed by atoms with Gasteiger partial charge in [-0.15, -0.1) is 0 Å². The summed E-state index contributed by atoms with van der Waals surface area (Å²) in [6.45, 7) is 6.15. The van der Waals surface area contributed by atoms with Gasteiger partial charge in [0.15, 0.2) is 17.5 Å². The Balaban J connectivity index is 1.48. The van der Waals surface area contributed by atoms with E-state index in [-0.39, 0.29) is 0 Å². The Hall–Kier alpha value is -4.96. The van der Waals surface area contributed by atoms with Crippen LogP contribution in [0, 0.1) is 13.8 Å². The summed E-state index contributed by atoms with van der Waals surface area (Å²) >= 11 is 0. The van der Waals surface area contributed by atoms with E-state index in [1.807, 2.05) is 32.0 Å². The third-order valence-electron chi connectivity index (χ3n) is 6.84. The second-order valence-corrected chi connectivity index (χ2v) is 9.68. The number of aromatic nitrogens is 4. The van der Waals surface area contributed by atoms with Crippen LogP contribution in [-0.2, 0) is 0 Å². The van der Waals surface area contributed by atoms with Crippen LogP contribution in [0.2, 0.25) is 0 Å². The summed E-state index contributed by atoms with van der Waals surface area (Å²) in [7, 11) is 0. The van der Waals surface area contributed by atoms with Crippen LogP contribution in [-0.4, -0.2) is 19.9 Å². The Bertz CT molecular complexity index is 1840. The number of aryl methyl sites for hydroxylation is 2. The number of allylic oxidation sites excluding steroid dienone is 1. The molecule has 2 aromatic heterocycles. The Kier molecular flexibility index (Phi) is 6.52. The van der Waals surface area contributed by atoms with Gasteiger partial charge in [-0.2, -0.15) is 0 Å². The Morgan fingerprint density at radius 1 is 0.513 bits per heavy atom. The van der Waals surface area contributed by atoms with Gasteiger partial charge in [-0.1, -0.05) is 91.0 Å². The molecule has 4 nitrogen and oxygen atoms in total. The third-order valence-corrected chi connectivity index (χ3v) is 6.84. The van der Waals surface area contributed by atoms with Crippen LogP contribution in [0.25, 0.3) is 62.3 Å². The van der Waals surface area contributed by atoms with Crippen molar-refractivity contribution in [3.63, 3.8) is 0 Å². The molecule has 4 heteroatoms. The molecule has 0 unspecified atom stereocenters. The van der Waals surface area contributed by atoms with Crippen molar-refractivity contribution in [1.82, 2.24) is 19.9 Å². The maximum Gasteiger partial charge on any atom is 0.164 e. The van der Waals surface area contributed by atoms with Crippen molar-refractivity contribution < 1.29 is 0 Å². The lowest BCUT2D eigenvalue weighted by Crippen LogP contribution is -2.00. The smallest absolute Gasteiger partial charge is 0.164 e. The van der Waals surface area contributed by atoms with E-state index in [0.29, 0.717) is 17.5 Å². The molecular formula is C35H28N4. The molecule has 0 aliphatic heterocycles. The summed E-state index contributed by atoms with van der Waals surface area (Å²) in [5.41, 5.74) is 8.22. The molecule has 0 saturated carbocycles.